The number of carbonyl (C=O) groups excluding carboxylic acids is 1. The molecule has 0 saturated heterocycles. The highest BCUT2D eigenvalue weighted by Crippen LogP contribution is 2.22. The zero-order valence-corrected chi connectivity index (χ0v) is 11.1. The normalized spacial score (nSPS) is 10.8. The lowest BCUT2D eigenvalue weighted by Gasteiger charge is -1.99. The molecule has 0 aliphatic heterocycles. The van der Waals surface area contributed by atoms with Crippen LogP contribution < -0.4 is 5.32 Å². The van der Waals surface area contributed by atoms with Crippen LogP contribution in [0, 0.1) is 0 Å². The van der Waals surface area contributed by atoms with E-state index in [9.17, 15) is 4.79 Å². The second-order valence-electron chi connectivity index (χ2n) is 3.84. The van der Waals surface area contributed by atoms with Crippen LogP contribution in [0.3, 0.4) is 0 Å². The molecule has 0 atom stereocenters. The van der Waals surface area contributed by atoms with Gasteiger partial charge >= 0.3 is 0 Å². The van der Waals surface area contributed by atoms with E-state index in [-0.39, 0.29) is 18.2 Å². The summed E-state index contributed by atoms with van der Waals surface area (Å²) < 4.78 is 5.50. The molecule has 0 aliphatic carbocycles. The number of nitrogens with one attached hydrogen (secondary N) is 2. The molecule has 3 rings (SSSR count). The Morgan fingerprint density at radius 2 is 2.30 bits per heavy atom. The summed E-state index contributed by atoms with van der Waals surface area (Å²) in [6.45, 7) is 0.240. The summed E-state index contributed by atoms with van der Waals surface area (Å²) in [5, 5.41) is 16.3. The molecule has 1 amide bonds. The Balaban J connectivity index is 1.52. The van der Waals surface area contributed by atoms with Crippen LogP contribution in [-0.2, 0) is 11.3 Å². The van der Waals surface area contributed by atoms with Gasteiger partial charge in [0.1, 0.15) is 5.52 Å². The number of hydrogen-bond donors (Lipinski definition) is 2. The topological polar surface area (TPSA) is 110 Å². The number of oxazole rings is 1. The van der Waals surface area contributed by atoms with Gasteiger partial charge in [0, 0.05) is 0 Å². The van der Waals surface area contributed by atoms with Crippen molar-refractivity contribution >= 4 is 28.8 Å². The number of hydrogen-bond acceptors (Lipinski definition) is 7. The monoisotopic (exact) mass is 290 g/mol. The molecule has 8 nitrogen and oxygen atoms in total. The molecule has 0 saturated carbocycles. The van der Waals surface area contributed by atoms with Crippen molar-refractivity contribution in [2.75, 3.05) is 5.75 Å². The molecule has 0 fully saturated rings. The average molecular weight is 290 g/mol. The first-order valence-corrected chi connectivity index (χ1v) is 6.77. The summed E-state index contributed by atoms with van der Waals surface area (Å²) in [5.41, 5.74) is 1.49. The second-order valence-corrected chi connectivity index (χ2v) is 4.77. The van der Waals surface area contributed by atoms with Crippen molar-refractivity contribution in [3.8, 4) is 0 Å². The molecule has 3 aromatic rings. The molecule has 1 aromatic carbocycles. The molecule has 0 unspecified atom stereocenters. The molecule has 102 valence electrons. The van der Waals surface area contributed by atoms with E-state index in [1.165, 1.54) is 11.8 Å². The number of benzene rings is 1. The van der Waals surface area contributed by atoms with Crippen molar-refractivity contribution in [1.29, 1.82) is 0 Å². The van der Waals surface area contributed by atoms with Crippen molar-refractivity contribution in [2.24, 2.45) is 0 Å². The SMILES string of the molecule is O=C(CSc1nc2ccccc2o1)NCc1nn[nH]n1. The molecule has 0 aliphatic rings. The van der Waals surface area contributed by atoms with Gasteiger partial charge in [-0.3, -0.25) is 4.79 Å². The Labute approximate surface area is 117 Å². The quantitative estimate of drug-likeness (QED) is 0.667. The molecule has 20 heavy (non-hydrogen) atoms. The summed E-state index contributed by atoms with van der Waals surface area (Å²) in [7, 11) is 0. The predicted molar refractivity (Wildman–Crippen MR) is 70.8 cm³/mol. The van der Waals surface area contributed by atoms with Crippen LogP contribution in [0.2, 0.25) is 0 Å². The van der Waals surface area contributed by atoms with Gasteiger partial charge in [0.05, 0.1) is 12.3 Å². The van der Waals surface area contributed by atoms with Gasteiger partial charge in [0.15, 0.2) is 11.4 Å². The van der Waals surface area contributed by atoms with E-state index in [0.717, 1.165) is 5.52 Å². The fourth-order valence-electron chi connectivity index (χ4n) is 1.53. The highest BCUT2D eigenvalue weighted by Gasteiger charge is 2.09. The number of H-pyrrole nitrogens is 1. The molecule has 2 aromatic heterocycles. The number of aromatic amines is 1. The third-order valence-corrected chi connectivity index (χ3v) is 3.26. The summed E-state index contributed by atoms with van der Waals surface area (Å²) in [6, 6.07) is 7.46. The fourth-order valence-corrected chi connectivity index (χ4v) is 2.19. The van der Waals surface area contributed by atoms with Crippen LogP contribution in [0.25, 0.3) is 11.1 Å². The second kappa shape index (κ2) is 5.70. The van der Waals surface area contributed by atoms with Gasteiger partial charge in [-0.25, -0.2) is 4.98 Å². The van der Waals surface area contributed by atoms with E-state index in [1.54, 1.807) is 0 Å². The Morgan fingerprint density at radius 1 is 1.40 bits per heavy atom. The Bertz CT molecular complexity index is 678. The number of fused-ring (bicyclic) bond motifs is 1. The third-order valence-electron chi connectivity index (χ3n) is 2.43. The smallest absolute Gasteiger partial charge is 0.257 e. The largest absolute Gasteiger partial charge is 0.431 e. The highest BCUT2D eigenvalue weighted by atomic mass is 32.2. The zero-order valence-electron chi connectivity index (χ0n) is 10.2. The van der Waals surface area contributed by atoms with Crippen LogP contribution in [0.1, 0.15) is 5.82 Å². The third kappa shape index (κ3) is 2.94. The molecular formula is C11H10N6O2S. The van der Waals surface area contributed by atoms with Crippen molar-refractivity contribution < 1.29 is 9.21 Å². The highest BCUT2D eigenvalue weighted by molar-refractivity contribution is 7.99. The molecular weight excluding hydrogens is 280 g/mol. The Kier molecular flexibility index (Phi) is 3.59. The Hall–Kier alpha value is -2.42. The van der Waals surface area contributed by atoms with Crippen molar-refractivity contribution in [2.45, 2.75) is 11.8 Å². The lowest BCUT2D eigenvalue weighted by molar-refractivity contribution is -0.118. The van der Waals surface area contributed by atoms with Gasteiger partial charge in [0.2, 0.25) is 5.91 Å². The van der Waals surface area contributed by atoms with Crippen LogP contribution >= 0.6 is 11.8 Å². The maximum Gasteiger partial charge on any atom is 0.257 e. The van der Waals surface area contributed by atoms with E-state index in [0.29, 0.717) is 16.6 Å². The lowest BCUT2D eigenvalue weighted by atomic mass is 10.3. The lowest BCUT2D eigenvalue weighted by Crippen LogP contribution is -2.25. The molecule has 9 heteroatoms. The summed E-state index contributed by atoms with van der Waals surface area (Å²) in [4.78, 5) is 15.9. The molecule has 0 spiro atoms. The number of nitrogens with zero attached hydrogens (tertiary/aromatic N) is 4. The number of aromatic nitrogens is 5. The van der Waals surface area contributed by atoms with E-state index in [1.807, 2.05) is 24.3 Å². The van der Waals surface area contributed by atoms with Gasteiger partial charge in [-0.2, -0.15) is 5.21 Å². The van der Waals surface area contributed by atoms with Gasteiger partial charge in [-0.1, -0.05) is 29.1 Å². The number of amides is 1. The number of tetrazole rings is 1. The first-order chi connectivity index (χ1) is 9.81. The van der Waals surface area contributed by atoms with E-state index in [4.69, 9.17) is 4.42 Å². The number of rotatable bonds is 5. The molecule has 0 bridgehead atoms. The minimum Gasteiger partial charge on any atom is -0.431 e. The standard InChI is InChI=1S/C11H10N6O2S/c18-10(12-5-9-14-16-17-15-9)6-20-11-13-7-3-1-2-4-8(7)19-11/h1-4H,5-6H2,(H,12,18)(H,14,15,16,17). The number of thioether (sulfide) groups is 1. The van der Waals surface area contributed by atoms with Crippen LogP contribution in [0.5, 0.6) is 0 Å². The molecule has 0 radical (unpaired) electrons. The minimum absolute atomic E-state index is 0.151. The maximum atomic E-state index is 11.6. The van der Waals surface area contributed by atoms with Crippen molar-refractivity contribution in [1.82, 2.24) is 30.9 Å². The van der Waals surface area contributed by atoms with E-state index in [2.05, 4.69) is 30.9 Å². The maximum absolute atomic E-state index is 11.6. The van der Waals surface area contributed by atoms with Crippen LogP contribution in [0.4, 0.5) is 0 Å². The van der Waals surface area contributed by atoms with E-state index >= 15 is 0 Å². The van der Waals surface area contributed by atoms with Crippen molar-refractivity contribution in [3.05, 3.63) is 30.1 Å². The molecule has 2 N–H and O–H groups in total. The Morgan fingerprint density at radius 3 is 3.10 bits per heavy atom. The first-order valence-electron chi connectivity index (χ1n) is 5.78. The van der Waals surface area contributed by atoms with Gasteiger partial charge in [-0.15, -0.1) is 10.2 Å². The van der Waals surface area contributed by atoms with Crippen LogP contribution in [-0.4, -0.2) is 37.3 Å². The summed E-state index contributed by atoms with van der Waals surface area (Å²) in [5.74, 6) is 0.497. The minimum atomic E-state index is -0.151. The van der Waals surface area contributed by atoms with Gasteiger partial charge in [-0.05, 0) is 12.1 Å². The summed E-state index contributed by atoms with van der Waals surface area (Å²) >= 11 is 1.24. The van der Waals surface area contributed by atoms with Gasteiger partial charge in [0.25, 0.3) is 5.22 Å². The zero-order chi connectivity index (χ0) is 13.8. The van der Waals surface area contributed by atoms with Crippen molar-refractivity contribution in [3.63, 3.8) is 0 Å². The average Bonchev–Trinajstić information content (AvgIpc) is 3.11. The first kappa shape index (κ1) is 12.6. The predicted octanol–water partition coefficient (Wildman–Crippen LogP) is 0.749. The number of carbonyl (C=O) groups is 1. The van der Waals surface area contributed by atoms with Gasteiger partial charge < -0.3 is 9.73 Å². The molecule has 2 heterocycles. The summed E-state index contributed by atoms with van der Waals surface area (Å²) in [6.07, 6.45) is 0. The number of para-hydroxylation sites is 2. The fraction of sp³-hybridized carbons (Fsp3) is 0.182. The van der Waals surface area contributed by atoms with E-state index < -0.39 is 0 Å². The van der Waals surface area contributed by atoms with Crippen LogP contribution in [0.15, 0.2) is 33.9 Å².